The van der Waals surface area contributed by atoms with Crippen molar-refractivity contribution in [3.63, 3.8) is 0 Å². The number of carbonyl (C=O) groups excluding carboxylic acids is 2. The second-order valence-corrected chi connectivity index (χ2v) is 7.15. The molecule has 1 aliphatic rings. The van der Waals surface area contributed by atoms with Crippen molar-refractivity contribution < 1.29 is 22.8 Å². The summed E-state index contributed by atoms with van der Waals surface area (Å²) in [6.45, 7) is 7.60. The first-order chi connectivity index (χ1) is 13.7. The van der Waals surface area contributed by atoms with Crippen molar-refractivity contribution >= 4 is 29.5 Å². The molecule has 0 N–H and O–H groups in total. The van der Waals surface area contributed by atoms with E-state index in [0.717, 1.165) is 6.07 Å². The molecule has 0 saturated carbocycles. The number of nitrogens with zero attached hydrogens (tertiary/aromatic N) is 3. The average molecular weight is 432 g/mol. The summed E-state index contributed by atoms with van der Waals surface area (Å²) in [7, 11) is 0. The van der Waals surface area contributed by atoms with Crippen LogP contribution in [-0.2, 0) is 15.8 Å². The van der Waals surface area contributed by atoms with Crippen molar-refractivity contribution in [1.29, 1.82) is 0 Å². The molecule has 9 heteroatoms. The predicted molar refractivity (Wildman–Crippen MR) is 106 cm³/mol. The SMILES string of the molecule is CCN(CC)C(=O)CN1CCN(C(=O)/C=C/c2ccc(Cl)c(C(F)(F)F)c2)CC1. The quantitative estimate of drug-likeness (QED) is 0.648. The van der Waals surface area contributed by atoms with E-state index in [1.165, 1.54) is 24.3 Å². The molecule has 1 aromatic carbocycles. The summed E-state index contributed by atoms with van der Waals surface area (Å²) in [5.41, 5.74) is -0.682. The van der Waals surface area contributed by atoms with Crippen LogP contribution in [0.2, 0.25) is 5.02 Å². The number of carbonyl (C=O) groups is 2. The lowest BCUT2D eigenvalue weighted by Crippen LogP contribution is -2.51. The summed E-state index contributed by atoms with van der Waals surface area (Å²) in [6, 6.07) is 3.52. The molecule has 29 heavy (non-hydrogen) atoms. The fourth-order valence-electron chi connectivity index (χ4n) is 3.13. The summed E-state index contributed by atoms with van der Waals surface area (Å²) in [4.78, 5) is 29.9. The molecule has 0 aromatic heterocycles. The van der Waals surface area contributed by atoms with Crippen molar-refractivity contribution in [2.45, 2.75) is 20.0 Å². The first kappa shape index (κ1) is 23.2. The summed E-state index contributed by atoms with van der Waals surface area (Å²) < 4.78 is 38.8. The molecule has 0 unspecified atom stereocenters. The highest BCUT2D eigenvalue weighted by molar-refractivity contribution is 6.31. The molecule has 1 fully saturated rings. The maximum Gasteiger partial charge on any atom is 0.417 e. The Labute approximate surface area is 173 Å². The molecule has 2 amide bonds. The maximum absolute atomic E-state index is 12.9. The maximum atomic E-state index is 12.9. The summed E-state index contributed by atoms with van der Waals surface area (Å²) in [5, 5.41) is -0.378. The van der Waals surface area contributed by atoms with Gasteiger partial charge in [0, 0.05) is 45.3 Å². The Balaban J connectivity index is 1.91. The molecule has 1 heterocycles. The lowest BCUT2D eigenvalue weighted by molar-refractivity contribution is -0.137. The van der Waals surface area contributed by atoms with Gasteiger partial charge in [-0.3, -0.25) is 14.5 Å². The summed E-state index contributed by atoms with van der Waals surface area (Å²) in [6.07, 6.45) is -1.94. The lowest BCUT2D eigenvalue weighted by atomic mass is 10.1. The number of benzene rings is 1. The number of likely N-dealkylation sites (N-methyl/N-ethyl adjacent to an activating group) is 1. The Bertz CT molecular complexity index is 756. The smallest absolute Gasteiger partial charge is 0.342 e. The van der Waals surface area contributed by atoms with Crippen LogP contribution in [0.5, 0.6) is 0 Å². The Morgan fingerprint density at radius 3 is 2.31 bits per heavy atom. The van der Waals surface area contributed by atoms with E-state index in [1.807, 2.05) is 18.7 Å². The molecule has 0 atom stereocenters. The Morgan fingerprint density at radius 2 is 1.76 bits per heavy atom. The fourth-order valence-corrected chi connectivity index (χ4v) is 3.36. The van der Waals surface area contributed by atoms with E-state index in [4.69, 9.17) is 11.6 Å². The average Bonchev–Trinajstić information content (AvgIpc) is 2.67. The number of halogens is 4. The van der Waals surface area contributed by atoms with Crippen molar-refractivity contribution in [3.8, 4) is 0 Å². The number of alkyl halides is 3. The van der Waals surface area contributed by atoms with Gasteiger partial charge in [0.05, 0.1) is 17.1 Å². The fraction of sp³-hybridized carbons (Fsp3) is 0.500. The number of rotatable bonds is 6. The van der Waals surface area contributed by atoms with Crippen molar-refractivity contribution in [2.24, 2.45) is 0 Å². The van der Waals surface area contributed by atoms with E-state index < -0.39 is 11.7 Å². The molecule has 1 saturated heterocycles. The number of hydrogen-bond donors (Lipinski definition) is 0. The van der Waals surface area contributed by atoms with Gasteiger partial charge >= 0.3 is 6.18 Å². The molecule has 2 rings (SSSR count). The summed E-state index contributed by atoms with van der Waals surface area (Å²) in [5.74, 6) is -0.207. The molecule has 160 valence electrons. The molecular formula is C20H25ClF3N3O2. The van der Waals surface area contributed by atoms with Crippen LogP contribution in [0.25, 0.3) is 6.08 Å². The second-order valence-electron chi connectivity index (χ2n) is 6.74. The summed E-state index contributed by atoms with van der Waals surface area (Å²) >= 11 is 5.60. The number of amides is 2. The minimum atomic E-state index is -4.55. The third-order valence-electron chi connectivity index (χ3n) is 4.87. The Hall–Kier alpha value is -2.06. The third-order valence-corrected chi connectivity index (χ3v) is 5.20. The van der Waals surface area contributed by atoms with Gasteiger partial charge in [0.1, 0.15) is 0 Å². The number of hydrogen-bond acceptors (Lipinski definition) is 3. The molecule has 0 radical (unpaired) electrons. The van der Waals surface area contributed by atoms with Crippen LogP contribution in [0.3, 0.4) is 0 Å². The first-order valence-corrected chi connectivity index (χ1v) is 9.87. The van der Waals surface area contributed by atoms with Crippen LogP contribution < -0.4 is 0 Å². The van der Waals surface area contributed by atoms with Crippen molar-refractivity contribution in [1.82, 2.24) is 14.7 Å². The van der Waals surface area contributed by atoms with Crippen molar-refractivity contribution in [2.75, 3.05) is 45.8 Å². The highest BCUT2D eigenvalue weighted by atomic mass is 35.5. The zero-order chi connectivity index (χ0) is 21.6. The van der Waals surface area contributed by atoms with Gasteiger partial charge < -0.3 is 9.80 Å². The van der Waals surface area contributed by atoms with E-state index in [2.05, 4.69) is 0 Å². The van der Waals surface area contributed by atoms with Gasteiger partial charge in [0.25, 0.3) is 0 Å². The van der Waals surface area contributed by atoms with Gasteiger partial charge in [0.15, 0.2) is 0 Å². The topological polar surface area (TPSA) is 43.9 Å². The standard InChI is InChI=1S/C20H25ClF3N3O2/c1-3-26(4-2)19(29)14-25-9-11-27(12-10-25)18(28)8-6-15-5-7-17(21)16(13-15)20(22,23)24/h5-8,13H,3-4,9-12,14H2,1-2H3/b8-6+. The zero-order valence-corrected chi connectivity index (χ0v) is 17.3. The van der Waals surface area contributed by atoms with Gasteiger partial charge in [0.2, 0.25) is 11.8 Å². The van der Waals surface area contributed by atoms with Gasteiger partial charge in [-0.2, -0.15) is 13.2 Å². The minimum Gasteiger partial charge on any atom is -0.342 e. The molecule has 0 aliphatic carbocycles. The van der Waals surface area contributed by atoms with Gasteiger partial charge in [-0.25, -0.2) is 0 Å². The highest BCUT2D eigenvalue weighted by Gasteiger charge is 2.33. The first-order valence-electron chi connectivity index (χ1n) is 9.49. The highest BCUT2D eigenvalue weighted by Crippen LogP contribution is 2.35. The Morgan fingerprint density at radius 1 is 1.14 bits per heavy atom. The van der Waals surface area contributed by atoms with Crippen LogP contribution in [-0.4, -0.2) is 72.3 Å². The Kier molecular flexibility index (Phi) is 8.10. The molecule has 0 spiro atoms. The van der Waals surface area contributed by atoms with Crippen LogP contribution in [0.4, 0.5) is 13.2 Å². The van der Waals surface area contributed by atoms with E-state index in [9.17, 15) is 22.8 Å². The zero-order valence-electron chi connectivity index (χ0n) is 16.5. The molecule has 1 aliphatic heterocycles. The van der Waals surface area contributed by atoms with Crippen molar-refractivity contribution in [3.05, 3.63) is 40.4 Å². The van der Waals surface area contributed by atoms with Gasteiger partial charge in [-0.1, -0.05) is 17.7 Å². The second kappa shape index (κ2) is 10.1. The molecule has 0 bridgehead atoms. The largest absolute Gasteiger partial charge is 0.417 e. The van der Waals surface area contributed by atoms with Crippen LogP contribution in [0.1, 0.15) is 25.0 Å². The molecule has 1 aromatic rings. The third kappa shape index (κ3) is 6.47. The molecule has 5 nitrogen and oxygen atoms in total. The normalized spacial score (nSPS) is 15.7. The van der Waals surface area contributed by atoms with E-state index in [0.29, 0.717) is 45.8 Å². The van der Waals surface area contributed by atoms with E-state index in [-0.39, 0.29) is 22.4 Å². The lowest BCUT2D eigenvalue weighted by Gasteiger charge is -2.34. The van der Waals surface area contributed by atoms with Gasteiger partial charge in [-0.15, -0.1) is 0 Å². The van der Waals surface area contributed by atoms with Gasteiger partial charge in [-0.05, 0) is 37.6 Å². The molecular weight excluding hydrogens is 407 g/mol. The van der Waals surface area contributed by atoms with E-state index in [1.54, 1.807) is 9.80 Å². The minimum absolute atomic E-state index is 0.0675. The monoisotopic (exact) mass is 431 g/mol. The predicted octanol–water partition coefficient (Wildman–Crippen LogP) is 3.38. The van der Waals surface area contributed by atoms with Crippen LogP contribution >= 0.6 is 11.6 Å². The van der Waals surface area contributed by atoms with Crippen LogP contribution in [0.15, 0.2) is 24.3 Å². The van der Waals surface area contributed by atoms with E-state index >= 15 is 0 Å². The number of piperazine rings is 1. The van der Waals surface area contributed by atoms with Crippen LogP contribution in [0, 0.1) is 0 Å².